The van der Waals surface area contributed by atoms with Crippen LogP contribution in [0.15, 0.2) is 40.3 Å². The number of nitrogens with zero attached hydrogens (tertiary/aromatic N) is 2. The fourth-order valence-electron chi connectivity index (χ4n) is 1.67. The average Bonchev–Trinajstić information content (AvgIpc) is 3.01. The van der Waals surface area contributed by atoms with Crippen molar-refractivity contribution < 1.29 is 4.42 Å². The van der Waals surface area contributed by atoms with Gasteiger partial charge in [-0.05, 0) is 37.6 Å². The van der Waals surface area contributed by atoms with Crippen molar-refractivity contribution in [3.8, 4) is 11.5 Å². The van der Waals surface area contributed by atoms with Gasteiger partial charge in [0.25, 0.3) is 0 Å². The zero-order chi connectivity index (χ0) is 13.2. The largest absolute Gasteiger partial charge is 0.460 e. The molecule has 0 unspecified atom stereocenters. The van der Waals surface area contributed by atoms with Gasteiger partial charge in [0.05, 0.1) is 0 Å². The van der Waals surface area contributed by atoms with Crippen LogP contribution in [0, 0.1) is 13.8 Å². The van der Waals surface area contributed by atoms with E-state index in [-0.39, 0.29) is 0 Å². The number of rotatable bonds is 3. The fraction of sp³-hybridized carbons (Fsp3) is 0.143. The normalized spacial score (nSPS) is 10.6. The summed E-state index contributed by atoms with van der Waals surface area (Å²) in [4.78, 5) is 8.78. The summed E-state index contributed by atoms with van der Waals surface area (Å²) in [5.41, 5.74) is 1.98. The second-order valence-electron chi connectivity index (χ2n) is 4.29. The van der Waals surface area contributed by atoms with Gasteiger partial charge in [-0.1, -0.05) is 6.07 Å². The van der Waals surface area contributed by atoms with E-state index in [9.17, 15) is 0 Å². The Hall–Kier alpha value is -2.14. The summed E-state index contributed by atoms with van der Waals surface area (Å²) >= 11 is 1.53. The van der Waals surface area contributed by atoms with Gasteiger partial charge in [0.15, 0.2) is 10.9 Å². The Kier molecular flexibility index (Phi) is 3.05. The number of hydrogen-bond acceptors (Lipinski definition) is 5. The Morgan fingerprint density at radius 1 is 1.16 bits per heavy atom. The minimum atomic E-state index is 0.790. The summed E-state index contributed by atoms with van der Waals surface area (Å²) < 4.78 is 5.55. The average molecular weight is 271 g/mol. The second-order valence-corrected chi connectivity index (χ2v) is 5.15. The summed E-state index contributed by atoms with van der Waals surface area (Å²) in [5.74, 6) is 2.47. The van der Waals surface area contributed by atoms with Gasteiger partial charge in [0.2, 0.25) is 0 Å². The molecule has 0 fully saturated rings. The maximum atomic E-state index is 5.55. The van der Waals surface area contributed by atoms with Crippen molar-refractivity contribution in [3.05, 3.63) is 47.2 Å². The number of anilines is 2. The minimum absolute atomic E-state index is 0.790. The van der Waals surface area contributed by atoms with Crippen LogP contribution in [0.25, 0.3) is 11.5 Å². The zero-order valence-corrected chi connectivity index (χ0v) is 11.5. The molecule has 0 saturated heterocycles. The lowest BCUT2D eigenvalue weighted by atomic mass is 10.3. The number of pyridine rings is 1. The molecular formula is C14H13N3OS. The first kappa shape index (κ1) is 11.9. The van der Waals surface area contributed by atoms with Crippen LogP contribution in [0.1, 0.15) is 11.3 Å². The van der Waals surface area contributed by atoms with Crippen molar-refractivity contribution in [2.45, 2.75) is 13.8 Å². The number of furan rings is 1. The molecule has 0 atom stereocenters. The Morgan fingerprint density at radius 3 is 2.74 bits per heavy atom. The third-order valence-electron chi connectivity index (χ3n) is 2.64. The van der Waals surface area contributed by atoms with Crippen LogP contribution in [0.4, 0.5) is 10.9 Å². The maximum Gasteiger partial charge on any atom is 0.188 e. The summed E-state index contributed by atoms with van der Waals surface area (Å²) in [6.07, 6.45) is 1.83. The topological polar surface area (TPSA) is 51.0 Å². The molecule has 0 aliphatic heterocycles. The number of thiazole rings is 1. The highest BCUT2D eigenvalue weighted by Crippen LogP contribution is 2.27. The molecule has 0 radical (unpaired) electrons. The molecule has 96 valence electrons. The number of aryl methyl sites for hydroxylation is 2. The summed E-state index contributed by atoms with van der Waals surface area (Å²) in [7, 11) is 0. The van der Waals surface area contributed by atoms with Gasteiger partial charge >= 0.3 is 0 Å². The van der Waals surface area contributed by atoms with Crippen LogP contribution in [-0.4, -0.2) is 9.97 Å². The molecular weight excluding hydrogens is 258 g/mol. The molecule has 3 heterocycles. The van der Waals surface area contributed by atoms with Crippen LogP contribution in [0.5, 0.6) is 0 Å². The van der Waals surface area contributed by atoms with Crippen molar-refractivity contribution in [2.75, 3.05) is 5.32 Å². The summed E-state index contributed by atoms with van der Waals surface area (Å²) in [6, 6.07) is 7.81. The van der Waals surface area contributed by atoms with Crippen LogP contribution >= 0.6 is 11.3 Å². The van der Waals surface area contributed by atoms with Gasteiger partial charge in [-0.2, -0.15) is 0 Å². The number of hydrogen-bond donors (Lipinski definition) is 1. The van der Waals surface area contributed by atoms with Gasteiger partial charge in [-0.3, -0.25) is 0 Å². The van der Waals surface area contributed by atoms with Crippen molar-refractivity contribution in [1.82, 2.24) is 9.97 Å². The Morgan fingerprint density at radius 2 is 2.05 bits per heavy atom. The monoisotopic (exact) mass is 271 g/mol. The molecule has 0 aromatic carbocycles. The maximum absolute atomic E-state index is 5.55. The van der Waals surface area contributed by atoms with E-state index >= 15 is 0 Å². The van der Waals surface area contributed by atoms with E-state index in [2.05, 4.69) is 15.3 Å². The Bertz CT molecular complexity index is 685. The van der Waals surface area contributed by atoms with Gasteiger partial charge in [0.1, 0.15) is 17.3 Å². The molecule has 1 N–H and O–H groups in total. The Labute approximate surface area is 115 Å². The van der Waals surface area contributed by atoms with Crippen molar-refractivity contribution in [2.24, 2.45) is 0 Å². The Balaban J connectivity index is 1.80. The third kappa shape index (κ3) is 2.66. The lowest BCUT2D eigenvalue weighted by Crippen LogP contribution is -1.92. The van der Waals surface area contributed by atoms with Crippen LogP contribution in [0.2, 0.25) is 0 Å². The van der Waals surface area contributed by atoms with E-state index in [1.54, 1.807) is 0 Å². The highest BCUT2D eigenvalue weighted by molar-refractivity contribution is 7.14. The first-order valence-electron chi connectivity index (χ1n) is 5.93. The quantitative estimate of drug-likeness (QED) is 0.777. The van der Waals surface area contributed by atoms with Crippen molar-refractivity contribution >= 4 is 22.3 Å². The van der Waals surface area contributed by atoms with Gasteiger partial charge < -0.3 is 9.73 Å². The second kappa shape index (κ2) is 4.85. The van der Waals surface area contributed by atoms with E-state index in [1.807, 2.05) is 49.7 Å². The highest BCUT2D eigenvalue weighted by atomic mass is 32.1. The molecule has 0 spiro atoms. The molecule has 3 rings (SSSR count). The van der Waals surface area contributed by atoms with Crippen LogP contribution in [-0.2, 0) is 0 Å². The molecule has 0 saturated carbocycles. The smallest absolute Gasteiger partial charge is 0.188 e. The van der Waals surface area contributed by atoms with Crippen molar-refractivity contribution in [3.63, 3.8) is 0 Å². The molecule has 5 heteroatoms. The lowest BCUT2D eigenvalue weighted by molar-refractivity contribution is 0.547. The van der Waals surface area contributed by atoms with E-state index in [0.717, 1.165) is 33.7 Å². The molecule has 0 aliphatic carbocycles. The standard InChI is InChI=1S/C14H13N3OS/c1-9-3-6-13(15-7-9)17-14-16-11(8-19-14)12-5-4-10(2)18-12/h3-8H,1-2H3,(H,15,16,17). The molecule has 0 amide bonds. The lowest BCUT2D eigenvalue weighted by Gasteiger charge is -2.00. The molecule has 4 nitrogen and oxygen atoms in total. The summed E-state index contributed by atoms with van der Waals surface area (Å²) in [5, 5.41) is 5.96. The number of nitrogens with one attached hydrogen (secondary N) is 1. The van der Waals surface area contributed by atoms with E-state index in [0.29, 0.717) is 0 Å². The summed E-state index contributed by atoms with van der Waals surface area (Å²) in [6.45, 7) is 3.93. The van der Waals surface area contributed by atoms with E-state index < -0.39 is 0 Å². The van der Waals surface area contributed by atoms with Gasteiger partial charge in [-0.25, -0.2) is 9.97 Å². The van der Waals surface area contributed by atoms with E-state index in [4.69, 9.17) is 4.42 Å². The SMILES string of the molecule is Cc1ccc(Nc2nc(-c3ccc(C)o3)cs2)nc1. The fourth-order valence-corrected chi connectivity index (χ4v) is 2.37. The predicted octanol–water partition coefficient (Wildman–Crippen LogP) is 4.16. The highest BCUT2D eigenvalue weighted by Gasteiger charge is 2.08. The molecule has 3 aromatic heterocycles. The number of aromatic nitrogens is 2. The van der Waals surface area contributed by atoms with Crippen molar-refractivity contribution in [1.29, 1.82) is 0 Å². The van der Waals surface area contributed by atoms with Gasteiger partial charge in [-0.15, -0.1) is 11.3 Å². The minimum Gasteiger partial charge on any atom is -0.460 e. The van der Waals surface area contributed by atoms with Crippen LogP contribution in [0.3, 0.4) is 0 Å². The zero-order valence-electron chi connectivity index (χ0n) is 10.7. The molecule has 0 bridgehead atoms. The van der Waals surface area contributed by atoms with Gasteiger partial charge in [0, 0.05) is 11.6 Å². The van der Waals surface area contributed by atoms with Crippen LogP contribution < -0.4 is 5.32 Å². The molecule has 3 aromatic rings. The first-order chi connectivity index (χ1) is 9.20. The first-order valence-corrected chi connectivity index (χ1v) is 6.81. The van der Waals surface area contributed by atoms with E-state index in [1.165, 1.54) is 11.3 Å². The predicted molar refractivity (Wildman–Crippen MR) is 76.8 cm³/mol. The molecule has 0 aliphatic rings. The molecule has 19 heavy (non-hydrogen) atoms. The third-order valence-corrected chi connectivity index (χ3v) is 3.40.